The van der Waals surface area contributed by atoms with Gasteiger partial charge in [0.05, 0.1) is 12.7 Å². The van der Waals surface area contributed by atoms with Crippen LogP contribution < -0.4 is 5.11 Å². The van der Waals surface area contributed by atoms with Crippen LogP contribution in [0.4, 0.5) is 0 Å². The number of aliphatic hydroxyl groups excluding tert-OH is 2. The van der Waals surface area contributed by atoms with Crippen molar-refractivity contribution in [1.29, 1.82) is 0 Å². The summed E-state index contributed by atoms with van der Waals surface area (Å²) < 4.78 is 0. The Morgan fingerprint density at radius 3 is 1.68 bits per heavy atom. The molecule has 0 bridgehead atoms. The normalized spacial score (nSPS) is 12.5. The van der Waals surface area contributed by atoms with Gasteiger partial charge in [0.25, 0.3) is 0 Å². The Labute approximate surface area is 116 Å². The van der Waals surface area contributed by atoms with E-state index in [-0.39, 0.29) is 13.0 Å². The molecule has 0 spiro atoms. The molecule has 0 rings (SSSR count). The summed E-state index contributed by atoms with van der Waals surface area (Å²) in [5.74, 6) is -0.939. The Kier molecular flexibility index (Phi) is 13.4. The quantitative estimate of drug-likeness (QED) is 0.473. The molecule has 0 saturated carbocycles. The molecule has 1 unspecified atom stereocenters. The highest BCUT2D eigenvalue weighted by Crippen LogP contribution is 2.12. The molecule has 0 aromatic rings. The highest BCUT2D eigenvalue weighted by molar-refractivity contribution is 5.63. The lowest BCUT2D eigenvalue weighted by molar-refractivity contribution is -0.305. The van der Waals surface area contributed by atoms with E-state index >= 15 is 0 Å². The van der Waals surface area contributed by atoms with Gasteiger partial charge in [-0.3, -0.25) is 0 Å². The van der Waals surface area contributed by atoms with E-state index < -0.39 is 12.1 Å². The van der Waals surface area contributed by atoms with Crippen molar-refractivity contribution in [1.82, 2.24) is 0 Å². The van der Waals surface area contributed by atoms with Crippen LogP contribution >= 0.6 is 0 Å². The lowest BCUT2D eigenvalue weighted by atomic mass is 10.0. The number of carboxylic acid groups (broad SMARTS) is 1. The number of hydrogen-bond donors (Lipinski definition) is 2. The fraction of sp³-hybridized carbons (Fsp3) is 0.933. The highest BCUT2D eigenvalue weighted by atomic mass is 16.4. The van der Waals surface area contributed by atoms with Crippen LogP contribution in [0, 0.1) is 0 Å². The van der Waals surface area contributed by atoms with E-state index in [9.17, 15) is 9.90 Å². The van der Waals surface area contributed by atoms with Crippen molar-refractivity contribution in [3.05, 3.63) is 0 Å². The van der Waals surface area contributed by atoms with Crippen LogP contribution in [0.5, 0.6) is 0 Å². The van der Waals surface area contributed by atoms with E-state index in [4.69, 9.17) is 10.2 Å². The number of rotatable bonds is 14. The molecule has 0 aromatic heterocycles. The average Bonchev–Trinajstić information content (AvgIpc) is 2.39. The van der Waals surface area contributed by atoms with E-state index in [1.807, 2.05) is 0 Å². The fourth-order valence-corrected chi connectivity index (χ4v) is 2.15. The van der Waals surface area contributed by atoms with Gasteiger partial charge in [-0.1, -0.05) is 57.8 Å². The molecule has 1 atom stereocenters. The zero-order valence-electron chi connectivity index (χ0n) is 12.0. The van der Waals surface area contributed by atoms with E-state index in [0.29, 0.717) is 6.42 Å². The lowest BCUT2D eigenvalue weighted by Crippen LogP contribution is -2.21. The third-order valence-electron chi connectivity index (χ3n) is 3.38. The number of unbranched alkanes of at least 4 members (excludes halogenated alkanes) is 9. The topological polar surface area (TPSA) is 80.6 Å². The molecule has 0 aliphatic carbocycles. The maximum absolute atomic E-state index is 10.2. The Hall–Kier alpha value is -0.610. The third kappa shape index (κ3) is 15.3. The zero-order valence-corrected chi connectivity index (χ0v) is 12.0. The molecule has 4 heteroatoms. The number of carboxylic acids is 1. The Bertz CT molecular complexity index is 206. The third-order valence-corrected chi connectivity index (χ3v) is 3.38. The average molecular weight is 273 g/mol. The predicted octanol–water partition coefficient (Wildman–Crippen LogP) is 1.77. The van der Waals surface area contributed by atoms with Gasteiger partial charge >= 0.3 is 0 Å². The first kappa shape index (κ1) is 18.4. The van der Waals surface area contributed by atoms with Crippen LogP contribution in [-0.2, 0) is 4.79 Å². The van der Waals surface area contributed by atoms with Crippen molar-refractivity contribution >= 4 is 5.97 Å². The number of carbonyl (C=O) groups is 1. The summed E-state index contributed by atoms with van der Waals surface area (Å²) in [7, 11) is 0. The first-order valence-electron chi connectivity index (χ1n) is 7.65. The minimum atomic E-state index is -0.939. The number of hydrogen-bond acceptors (Lipinski definition) is 4. The Morgan fingerprint density at radius 2 is 1.26 bits per heavy atom. The Balaban J connectivity index is 3.01. The molecule has 0 fully saturated rings. The molecular weight excluding hydrogens is 244 g/mol. The summed E-state index contributed by atoms with van der Waals surface area (Å²) in [5, 5.41) is 28.0. The van der Waals surface area contributed by atoms with E-state index in [1.54, 1.807) is 0 Å². The molecular formula is C15H29O4-. The van der Waals surface area contributed by atoms with Crippen molar-refractivity contribution in [3.8, 4) is 0 Å². The first-order chi connectivity index (χ1) is 9.16. The SMILES string of the molecule is O=C([O-])CCCCCCCCCCCCC(O)CO. The van der Waals surface area contributed by atoms with Gasteiger partial charge in [0.1, 0.15) is 0 Å². The van der Waals surface area contributed by atoms with Gasteiger partial charge < -0.3 is 20.1 Å². The Morgan fingerprint density at radius 1 is 0.842 bits per heavy atom. The zero-order chi connectivity index (χ0) is 14.3. The van der Waals surface area contributed by atoms with E-state index in [0.717, 1.165) is 32.1 Å². The van der Waals surface area contributed by atoms with E-state index in [1.165, 1.54) is 32.1 Å². The molecule has 19 heavy (non-hydrogen) atoms. The van der Waals surface area contributed by atoms with Crippen LogP contribution in [0.15, 0.2) is 0 Å². The summed E-state index contributed by atoms with van der Waals surface area (Å²) in [6, 6.07) is 0. The van der Waals surface area contributed by atoms with Gasteiger partial charge in [0.2, 0.25) is 0 Å². The van der Waals surface area contributed by atoms with Gasteiger partial charge in [-0.15, -0.1) is 0 Å². The first-order valence-corrected chi connectivity index (χ1v) is 7.65. The van der Waals surface area contributed by atoms with Gasteiger partial charge in [-0.05, 0) is 19.3 Å². The number of aliphatic carboxylic acids is 1. The minimum Gasteiger partial charge on any atom is -0.550 e. The van der Waals surface area contributed by atoms with Crippen LogP contribution in [-0.4, -0.2) is 28.9 Å². The van der Waals surface area contributed by atoms with Gasteiger partial charge in [-0.25, -0.2) is 0 Å². The molecule has 0 heterocycles. The van der Waals surface area contributed by atoms with Crippen LogP contribution in [0.1, 0.15) is 77.0 Å². The number of aliphatic hydroxyl groups is 2. The summed E-state index contributed by atoms with van der Waals surface area (Å²) in [4.78, 5) is 10.2. The summed E-state index contributed by atoms with van der Waals surface area (Å²) in [6.07, 6.45) is 11.4. The van der Waals surface area contributed by atoms with Crippen LogP contribution in [0.25, 0.3) is 0 Å². The largest absolute Gasteiger partial charge is 0.550 e. The minimum absolute atomic E-state index is 0.127. The van der Waals surface area contributed by atoms with Crippen molar-refractivity contribution in [2.45, 2.75) is 83.2 Å². The molecule has 2 N–H and O–H groups in total. The maximum atomic E-state index is 10.2. The van der Waals surface area contributed by atoms with Crippen molar-refractivity contribution in [2.24, 2.45) is 0 Å². The molecule has 0 radical (unpaired) electrons. The standard InChI is InChI=1S/C15H30O4/c16-13-14(17)11-9-7-5-3-1-2-4-6-8-10-12-15(18)19/h14,16-17H,1-13H2,(H,18,19)/p-1. The molecule has 0 amide bonds. The van der Waals surface area contributed by atoms with Gasteiger partial charge in [-0.2, -0.15) is 0 Å². The molecule has 0 aliphatic rings. The van der Waals surface area contributed by atoms with Crippen LogP contribution in [0.2, 0.25) is 0 Å². The van der Waals surface area contributed by atoms with Crippen molar-refractivity contribution in [2.75, 3.05) is 6.61 Å². The summed E-state index contributed by atoms with van der Waals surface area (Å²) >= 11 is 0. The number of carbonyl (C=O) groups excluding carboxylic acids is 1. The lowest BCUT2D eigenvalue weighted by Gasteiger charge is -2.06. The highest BCUT2D eigenvalue weighted by Gasteiger charge is 2.00. The van der Waals surface area contributed by atoms with Gasteiger partial charge in [0, 0.05) is 5.97 Å². The molecule has 0 aliphatic heterocycles. The molecule has 0 aromatic carbocycles. The smallest absolute Gasteiger partial charge is 0.0770 e. The second kappa shape index (κ2) is 13.8. The van der Waals surface area contributed by atoms with E-state index in [2.05, 4.69) is 0 Å². The van der Waals surface area contributed by atoms with Gasteiger partial charge in [0.15, 0.2) is 0 Å². The van der Waals surface area contributed by atoms with Crippen molar-refractivity contribution in [3.63, 3.8) is 0 Å². The maximum Gasteiger partial charge on any atom is 0.0770 e. The monoisotopic (exact) mass is 273 g/mol. The van der Waals surface area contributed by atoms with Crippen molar-refractivity contribution < 1.29 is 20.1 Å². The summed E-state index contributed by atoms with van der Waals surface area (Å²) in [5.41, 5.74) is 0. The second-order valence-electron chi connectivity index (χ2n) is 5.28. The molecule has 114 valence electrons. The second-order valence-corrected chi connectivity index (χ2v) is 5.28. The predicted molar refractivity (Wildman–Crippen MR) is 73.5 cm³/mol. The molecule has 4 nitrogen and oxygen atoms in total. The molecule has 0 saturated heterocycles. The summed E-state index contributed by atoms with van der Waals surface area (Å²) in [6.45, 7) is -0.127. The van der Waals surface area contributed by atoms with Crippen LogP contribution in [0.3, 0.4) is 0 Å². The fourth-order valence-electron chi connectivity index (χ4n) is 2.15.